The molecule has 0 heterocycles. The Morgan fingerprint density at radius 2 is 2.00 bits per heavy atom. The minimum atomic E-state index is -0.284. The number of allylic oxidation sites excluding steroid dienone is 2. The normalized spacial score (nSPS) is 12.9. The molecule has 0 unspecified atom stereocenters. The van der Waals surface area contributed by atoms with E-state index in [1.54, 1.807) is 13.0 Å². The van der Waals surface area contributed by atoms with E-state index in [0.717, 1.165) is 18.4 Å². The van der Waals surface area contributed by atoms with Gasteiger partial charge >= 0.3 is 5.97 Å². The maximum absolute atomic E-state index is 11.0. The maximum atomic E-state index is 11.0. The first kappa shape index (κ1) is 12.9. The Balaban J connectivity index is 3.93. The van der Waals surface area contributed by atoms with Crippen LogP contribution in [-0.4, -0.2) is 24.8 Å². The summed E-state index contributed by atoms with van der Waals surface area (Å²) in [5, 5.41) is 8.61. The van der Waals surface area contributed by atoms with Crippen LogP contribution in [0.1, 0.15) is 26.7 Å². The predicted octanol–water partition coefficient (Wildman–Crippen LogP) is 1.82. The summed E-state index contributed by atoms with van der Waals surface area (Å²) < 4.78 is 4.56. The van der Waals surface area contributed by atoms with E-state index in [1.165, 1.54) is 7.11 Å². The number of esters is 1. The van der Waals surface area contributed by atoms with Crippen LogP contribution >= 0.6 is 0 Å². The average Bonchev–Trinajstić information content (AvgIpc) is 2.16. The Morgan fingerprint density at radius 3 is 2.50 bits per heavy atom. The van der Waals surface area contributed by atoms with Crippen LogP contribution in [0.4, 0.5) is 0 Å². The molecule has 0 aromatic rings. The largest absolute Gasteiger partial charge is 0.466 e. The molecule has 0 fully saturated rings. The average molecular weight is 198 g/mol. The molecule has 0 aliphatic carbocycles. The number of aliphatic hydroxyl groups excluding tert-OH is 1. The fraction of sp³-hybridized carbons (Fsp3) is 0.545. The number of carbonyl (C=O) groups excluding carboxylic acids is 1. The van der Waals surface area contributed by atoms with E-state index in [4.69, 9.17) is 5.11 Å². The van der Waals surface area contributed by atoms with E-state index in [2.05, 4.69) is 4.74 Å². The molecule has 14 heavy (non-hydrogen) atoms. The number of carbonyl (C=O) groups is 1. The van der Waals surface area contributed by atoms with Crippen molar-refractivity contribution in [3.05, 3.63) is 23.3 Å². The van der Waals surface area contributed by atoms with Crippen LogP contribution in [0.25, 0.3) is 0 Å². The van der Waals surface area contributed by atoms with Gasteiger partial charge in [-0.3, -0.25) is 0 Å². The van der Waals surface area contributed by atoms with Crippen molar-refractivity contribution in [1.82, 2.24) is 0 Å². The number of rotatable bonds is 5. The molecule has 0 aliphatic heterocycles. The second kappa shape index (κ2) is 7.33. The summed E-state index contributed by atoms with van der Waals surface area (Å²) in [5.41, 5.74) is 1.76. The number of aliphatic hydroxyl groups is 1. The lowest BCUT2D eigenvalue weighted by Crippen LogP contribution is -2.01. The van der Waals surface area contributed by atoms with E-state index in [-0.39, 0.29) is 12.6 Å². The van der Waals surface area contributed by atoms with Crippen molar-refractivity contribution < 1.29 is 14.6 Å². The molecule has 0 aromatic heterocycles. The van der Waals surface area contributed by atoms with E-state index >= 15 is 0 Å². The first-order chi connectivity index (χ1) is 6.61. The highest BCUT2D eigenvalue weighted by Crippen LogP contribution is 2.06. The molecule has 1 N–H and O–H groups in total. The van der Waals surface area contributed by atoms with Crippen LogP contribution in [0.3, 0.4) is 0 Å². The lowest BCUT2D eigenvalue weighted by Gasteiger charge is -1.99. The number of methoxy groups -OCH3 is 1. The molecule has 0 atom stereocenters. The lowest BCUT2D eigenvalue weighted by atomic mass is 10.1. The van der Waals surface area contributed by atoms with Gasteiger partial charge < -0.3 is 9.84 Å². The number of hydrogen-bond donors (Lipinski definition) is 1. The summed E-state index contributed by atoms with van der Waals surface area (Å²) in [6.45, 7) is 3.76. The van der Waals surface area contributed by atoms with E-state index in [1.807, 2.05) is 13.0 Å². The molecule has 0 aliphatic rings. The van der Waals surface area contributed by atoms with Gasteiger partial charge in [-0.25, -0.2) is 4.79 Å². The van der Waals surface area contributed by atoms with Gasteiger partial charge in [-0.05, 0) is 26.7 Å². The summed E-state index contributed by atoms with van der Waals surface area (Å²) in [5.74, 6) is -0.284. The SMILES string of the molecule is COC(=O)/C(C)=C/CC/C(C)=C/CO. The quantitative estimate of drug-likeness (QED) is 0.416. The molecule has 0 aromatic carbocycles. The zero-order chi connectivity index (χ0) is 11.0. The Kier molecular flexibility index (Phi) is 6.76. The Labute approximate surface area is 85.1 Å². The first-order valence-electron chi connectivity index (χ1n) is 4.63. The van der Waals surface area contributed by atoms with Gasteiger partial charge in [0.1, 0.15) is 0 Å². The summed E-state index contributed by atoms with van der Waals surface area (Å²) in [7, 11) is 1.37. The molecule has 0 radical (unpaired) electrons. The van der Waals surface area contributed by atoms with Gasteiger partial charge in [0.25, 0.3) is 0 Å². The number of ether oxygens (including phenoxy) is 1. The smallest absolute Gasteiger partial charge is 0.333 e. The minimum absolute atomic E-state index is 0.0749. The summed E-state index contributed by atoms with van der Waals surface area (Å²) in [6.07, 6.45) is 5.26. The lowest BCUT2D eigenvalue weighted by molar-refractivity contribution is -0.136. The molecule has 0 saturated heterocycles. The van der Waals surface area contributed by atoms with Gasteiger partial charge in [-0.15, -0.1) is 0 Å². The molecule has 0 amide bonds. The molecular formula is C11H18O3. The molecule has 0 bridgehead atoms. The van der Waals surface area contributed by atoms with Crippen LogP contribution in [-0.2, 0) is 9.53 Å². The van der Waals surface area contributed by atoms with Crippen LogP contribution in [0, 0.1) is 0 Å². The minimum Gasteiger partial charge on any atom is -0.466 e. The zero-order valence-corrected chi connectivity index (χ0v) is 9.04. The molecule has 80 valence electrons. The summed E-state index contributed by atoms with van der Waals surface area (Å²) in [4.78, 5) is 11.0. The monoisotopic (exact) mass is 198 g/mol. The Hall–Kier alpha value is -1.09. The maximum Gasteiger partial charge on any atom is 0.333 e. The van der Waals surface area contributed by atoms with Crippen molar-refractivity contribution in [2.45, 2.75) is 26.7 Å². The van der Waals surface area contributed by atoms with E-state index in [0.29, 0.717) is 5.57 Å². The van der Waals surface area contributed by atoms with Gasteiger partial charge in [-0.1, -0.05) is 17.7 Å². The van der Waals surface area contributed by atoms with Crippen LogP contribution in [0.2, 0.25) is 0 Å². The molecule has 3 heteroatoms. The highest BCUT2D eigenvalue weighted by atomic mass is 16.5. The fourth-order valence-electron chi connectivity index (χ4n) is 1.02. The van der Waals surface area contributed by atoms with Gasteiger partial charge in [0.2, 0.25) is 0 Å². The van der Waals surface area contributed by atoms with Gasteiger partial charge in [-0.2, -0.15) is 0 Å². The standard InChI is InChI=1S/C11H18O3/c1-9(7-8-12)5-4-6-10(2)11(13)14-3/h6-7,12H,4-5,8H2,1-3H3/b9-7+,10-6+. The first-order valence-corrected chi connectivity index (χ1v) is 4.63. The third-order valence-corrected chi connectivity index (χ3v) is 1.94. The van der Waals surface area contributed by atoms with Crippen LogP contribution < -0.4 is 0 Å². The van der Waals surface area contributed by atoms with Crippen molar-refractivity contribution in [2.75, 3.05) is 13.7 Å². The van der Waals surface area contributed by atoms with Crippen molar-refractivity contribution in [1.29, 1.82) is 0 Å². The predicted molar refractivity (Wildman–Crippen MR) is 55.8 cm³/mol. The van der Waals surface area contributed by atoms with Crippen LogP contribution in [0.15, 0.2) is 23.3 Å². The zero-order valence-electron chi connectivity index (χ0n) is 9.04. The van der Waals surface area contributed by atoms with E-state index < -0.39 is 0 Å². The second-order valence-corrected chi connectivity index (χ2v) is 3.15. The highest BCUT2D eigenvalue weighted by Gasteiger charge is 2.01. The Morgan fingerprint density at radius 1 is 1.36 bits per heavy atom. The van der Waals surface area contributed by atoms with Gasteiger partial charge in [0.05, 0.1) is 13.7 Å². The summed E-state index contributed by atoms with van der Waals surface area (Å²) in [6, 6.07) is 0. The molecular weight excluding hydrogens is 180 g/mol. The van der Waals surface area contributed by atoms with Gasteiger partial charge in [0.15, 0.2) is 0 Å². The topological polar surface area (TPSA) is 46.5 Å². The van der Waals surface area contributed by atoms with Crippen molar-refractivity contribution >= 4 is 5.97 Å². The van der Waals surface area contributed by atoms with E-state index in [9.17, 15) is 4.79 Å². The third-order valence-electron chi connectivity index (χ3n) is 1.94. The van der Waals surface area contributed by atoms with Crippen LogP contribution in [0.5, 0.6) is 0 Å². The van der Waals surface area contributed by atoms with Crippen molar-refractivity contribution in [3.63, 3.8) is 0 Å². The molecule has 0 saturated carbocycles. The highest BCUT2D eigenvalue weighted by molar-refractivity contribution is 5.87. The van der Waals surface area contributed by atoms with Crippen molar-refractivity contribution in [2.24, 2.45) is 0 Å². The number of hydrogen-bond acceptors (Lipinski definition) is 3. The van der Waals surface area contributed by atoms with Gasteiger partial charge in [0, 0.05) is 5.57 Å². The Bertz CT molecular complexity index is 239. The van der Waals surface area contributed by atoms with Crippen molar-refractivity contribution in [3.8, 4) is 0 Å². The molecule has 0 rings (SSSR count). The summed E-state index contributed by atoms with van der Waals surface area (Å²) >= 11 is 0. The second-order valence-electron chi connectivity index (χ2n) is 3.15. The molecule has 3 nitrogen and oxygen atoms in total. The third kappa shape index (κ3) is 5.54. The fourth-order valence-corrected chi connectivity index (χ4v) is 1.02. The molecule has 0 spiro atoms.